The van der Waals surface area contributed by atoms with Crippen LogP contribution < -0.4 is 16.0 Å². The number of fused-ring (bicyclic) bond motifs is 1. The van der Waals surface area contributed by atoms with Crippen molar-refractivity contribution in [3.63, 3.8) is 0 Å². The van der Waals surface area contributed by atoms with Crippen LogP contribution >= 0.6 is 0 Å². The maximum atomic E-state index is 12.4. The molecule has 0 saturated heterocycles. The van der Waals surface area contributed by atoms with Crippen molar-refractivity contribution >= 4 is 29.6 Å². The average Bonchev–Trinajstić information content (AvgIpc) is 2.85. The first-order valence-electron chi connectivity index (χ1n) is 12.1. The van der Waals surface area contributed by atoms with Gasteiger partial charge >= 0.3 is 12.3 Å². The Morgan fingerprint density at radius 1 is 0.947 bits per heavy atom. The Morgan fingerprint density at radius 3 is 2.21 bits per heavy atom. The molecule has 0 unspecified atom stereocenters. The van der Waals surface area contributed by atoms with Crippen molar-refractivity contribution in [2.75, 3.05) is 22.5 Å². The number of hydrogen-bond donors (Lipinski definition) is 3. The van der Waals surface area contributed by atoms with Gasteiger partial charge in [0.25, 0.3) is 0 Å². The van der Waals surface area contributed by atoms with Crippen LogP contribution in [-0.2, 0) is 22.1 Å². The molecule has 3 aromatic rings. The third kappa shape index (κ3) is 10.9. The number of rotatable bonds is 3. The molecular formula is C29H34F3N3O3. The van der Waals surface area contributed by atoms with Gasteiger partial charge in [-0.25, -0.2) is 4.79 Å². The van der Waals surface area contributed by atoms with Crippen LogP contribution in [0.1, 0.15) is 43.9 Å². The number of anilines is 3. The van der Waals surface area contributed by atoms with E-state index in [9.17, 15) is 22.8 Å². The number of para-hydroxylation sites is 2. The fraction of sp³-hybridized carbons (Fsp3) is 0.310. The van der Waals surface area contributed by atoms with Crippen LogP contribution in [0, 0.1) is 6.92 Å². The van der Waals surface area contributed by atoms with Crippen molar-refractivity contribution in [1.29, 1.82) is 0 Å². The summed E-state index contributed by atoms with van der Waals surface area (Å²) in [5.41, 5.74) is 2.61. The number of nitrogens with one attached hydrogen (secondary N) is 3. The molecule has 0 atom stereocenters. The number of aryl methyl sites for hydroxylation is 2. The minimum Gasteiger partial charge on any atom is -0.444 e. The molecule has 4 rings (SSSR count). The van der Waals surface area contributed by atoms with Crippen molar-refractivity contribution in [2.24, 2.45) is 0 Å². The number of carbonyl (C=O) groups excluding carboxylic acids is 2. The van der Waals surface area contributed by atoms with E-state index in [0.717, 1.165) is 18.3 Å². The average molecular weight is 530 g/mol. The van der Waals surface area contributed by atoms with Crippen molar-refractivity contribution in [3.05, 3.63) is 89.5 Å². The van der Waals surface area contributed by atoms with E-state index < -0.39 is 23.4 Å². The van der Waals surface area contributed by atoms with Gasteiger partial charge in [-0.1, -0.05) is 42.5 Å². The molecule has 38 heavy (non-hydrogen) atoms. The SMILES string of the molecule is CC(C)(C)OC(=O)Nc1ccccc1.Cc1ccc(NC=O)cc1C(F)(F)F.c1ccc2c(c1)CCCN2. The van der Waals surface area contributed by atoms with Crippen LogP contribution in [0.5, 0.6) is 0 Å². The third-order valence-corrected chi connectivity index (χ3v) is 5.14. The highest BCUT2D eigenvalue weighted by Gasteiger charge is 2.32. The summed E-state index contributed by atoms with van der Waals surface area (Å²) >= 11 is 0. The van der Waals surface area contributed by atoms with Crippen LogP contribution in [0.4, 0.5) is 35.0 Å². The van der Waals surface area contributed by atoms with E-state index in [4.69, 9.17) is 4.74 Å². The Balaban J connectivity index is 0.000000203. The van der Waals surface area contributed by atoms with E-state index in [-0.39, 0.29) is 11.3 Å². The summed E-state index contributed by atoms with van der Waals surface area (Å²) in [7, 11) is 0. The number of carbonyl (C=O) groups is 2. The lowest BCUT2D eigenvalue weighted by atomic mass is 10.0. The summed E-state index contributed by atoms with van der Waals surface area (Å²) in [5.74, 6) is 0. The van der Waals surface area contributed by atoms with E-state index >= 15 is 0 Å². The van der Waals surface area contributed by atoms with E-state index in [1.165, 1.54) is 43.1 Å². The third-order valence-electron chi connectivity index (χ3n) is 5.14. The van der Waals surface area contributed by atoms with Crippen molar-refractivity contribution in [2.45, 2.75) is 52.3 Å². The normalized spacial score (nSPS) is 12.2. The molecule has 0 bridgehead atoms. The topological polar surface area (TPSA) is 79.5 Å². The summed E-state index contributed by atoms with van der Waals surface area (Å²) in [6.07, 6.45) is -1.96. The standard InChI is InChI=1S/C11H15NO2.C9H8F3NO.C9H11N/c1-11(2,3)14-10(13)12-9-7-5-4-6-8-9;1-6-2-3-7(13-5-14)4-8(6)9(10,11)12;1-2-6-9-8(4-1)5-3-7-10-9/h4-8H,1-3H3,(H,12,13);2-5H,1H3,(H,13,14);1-2,4,6,10H,3,5,7H2. The Morgan fingerprint density at radius 2 is 1.61 bits per heavy atom. The van der Waals surface area contributed by atoms with Crippen LogP contribution in [0.3, 0.4) is 0 Å². The van der Waals surface area contributed by atoms with Crippen LogP contribution in [0.25, 0.3) is 0 Å². The molecule has 0 aliphatic carbocycles. The highest BCUT2D eigenvalue weighted by molar-refractivity contribution is 5.84. The van der Waals surface area contributed by atoms with Crippen molar-refractivity contribution < 1.29 is 27.5 Å². The zero-order valence-electron chi connectivity index (χ0n) is 22.0. The maximum absolute atomic E-state index is 12.4. The van der Waals surface area contributed by atoms with E-state index in [1.807, 2.05) is 51.1 Å². The molecule has 204 valence electrons. The number of halogens is 3. The Labute approximate surface area is 221 Å². The monoisotopic (exact) mass is 529 g/mol. The fourth-order valence-corrected chi connectivity index (χ4v) is 3.44. The first-order valence-corrected chi connectivity index (χ1v) is 12.1. The van der Waals surface area contributed by atoms with Crippen molar-refractivity contribution in [3.8, 4) is 0 Å². The minimum absolute atomic E-state index is 0.133. The molecule has 0 spiro atoms. The Kier molecular flexibility index (Phi) is 11.2. The highest BCUT2D eigenvalue weighted by atomic mass is 19.4. The number of hydrogen-bond acceptors (Lipinski definition) is 4. The van der Waals surface area contributed by atoms with Gasteiger partial charge in [0, 0.05) is 23.6 Å². The maximum Gasteiger partial charge on any atom is 0.416 e. The molecule has 0 fully saturated rings. The number of ether oxygens (including phenoxy) is 1. The summed E-state index contributed by atoms with van der Waals surface area (Å²) < 4.78 is 42.2. The van der Waals surface area contributed by atoms with E-state index in [0.29, 0.717) is 6.41 Å². The molecule has 9 heteroatoms. The second kappa shape index (κ2) is 14.1. The smallest absolute Gasteiger partial charge is 0.416 e. The summed E-state index contributed by atoms with van der Waals surface area (Å²) in [4.78, 5) is 21.3. The lowest BCUT2D eigenvalue weighted by Gasteiger charge is -2.19. The first-order chi connectivity index (χ1) is 17.9. The quantitative estimate of drug-likeness (QED) is 0.304. The van der Waals surface area contributed by atoms with Gasteiger partial charge < -0.3 is 15.4 Å². The number of alkyl halides is 3. The predicted molar refractivity (Wildman–Crippen MR) is 145 cm³/mol. The van der Waals surface area contributed by atoms with Gasteiger partial charge in [0.15, 0.2) is 0 Å². The van der Waals surface area contributed by atoms with E-state index in [2.05, 4.69) is 40.2 Å². The molecule has 3 N–H and O–H groups in total. The van der Waals surface area contributed by atoms with Gasteiger partial charge in [0.2, 0.25) is 6.41 Å². The molecule has 1 aliphatic rings. The minimum atomic E-state index is -4.38. The molecule has 1 aliphatic heterocycles. The molecule has 0 aromatic heterocycles. The van der Waals surface area contributed by atoms with Crippen molar-refractivity contribution in [1.82, 2.24) is 0 Å². The molecule has 3 aromatic carbocycles. The van der Waals surface area contributed by atoms with Crippen LogP contribution in [-0.4, -0.2) is 24.6 Å². The second-order valence-electron chi connectivity index (χ2n) is 9.47. The lowest BCUT2D eigenvalue weighted by Crippen LogP contribution is -2.27. The molecule has 2 amide bonds. The Bertz CT molecular complexity index is 1150. The number of benzene rings is 3. The van der Waals surface area contributed by atoms with Gasteiger partial charge in [-0.3, -0.25) is 10.1 Å². The van der Waals surface area contributed by atoms with Crippen LogP contribution in [0.2, 0.25) is 0 Å². The van der Waals surface area contributed by atoms with E-state index in [1.54, 1.807) is 0 Å². The highest BCUT2D eigenvalue weighted by Crippen LogP contribution is 2.33. The first kappa shape index (κ1) is 30.2. The van der Waals surface area contributed by atoms with Gasteiger partial charge in [-0.05, 0) is 82.0 Å². The van der Waals surface area contributed by atoms with Crippen LogP contribution in [0.15, 0.2) is 72.8 Å². The lowest BCUT2D eigenvalue weighted by molar-refractivity contribution is -0.138. The zero-order valence-corrected chi connectivity index (χ0v) is 22.0. The molecular weight excluding hydrogens is 495 g/mol. The summed E-state index contributed by atoms with van der Waals surface area (Å²) in [6, 6.07) is 21.4. The molecule has 1 heterocycles. The molecule has 6 nitrogen and oxygen atoms in total. The Hall–Kier alpha value is -4.01. The molecule has 0 radical (unpaired) electrons. The zero-order chi connectivity index (χ0) is 28.2. The van der Waals surface area contributed by atoms with Gasteiger partial charge in [-0.2, -0.15) is 13.2 Å². The van der Waals surface area contributed by atoms with Gasteiger partial charge in [0.05, 0.1) is 5.56 Å². The number of amides is 2. The summed E-state index contributed by atoms with van der Waals surface area (Å²) in [5, 5.41) is 8.17. The second-order valence-corrected chi connectivity index (χ2v) is 9.47. The predicted octanol–water partition coefficient (Wildman–Crippen LogP) is 7.66. The van der Waals surface area contributed by atoms with Gasteiger partial charge in [-0.15, -0.1) is 0 Å². The largest absolute Gasteiger partial charge is 0.444 e. The fourth-order valence-electron chi connectivity index (χ4n) is 3.44. The summed E-state index contributed by atoms with van der Waals surface area (Å²) in [6.45, 7) is 8.00. The molecule has 0 saturated carbocycles. The van der Waals surface area contributed by atoms with Gasteiger partial charge in [0.1, 0.15) is 5.60 Å².